The minimum absolute atomic E-state index is 0.401. The van der Waals surface area contributed by atoms with E-state index in [4.69, 9.17) is 0 Å². The van der Waals surface area contributed by atoms with Crippen LogP contribution in [-0.4, -0.2) is 20.5 Å². The minimum atomic E-state index is -0.459. The second-order valence-corrected chi connectivity index (χ2v) is 6.24. The summed E-state index contributed by atoms with van der Waals surface area (Å²) in [5, 5.41) is 15.3. The lowest BCUT2D eigenvalue weighted by molar-refractivity contribution is -0.0134. The lowest BCUT2D eigenvalue weighted by Gasteiger charge is -2.31. The van der Waals surface area contributed by atoms with Gasteiger partial charge in [-0.1, -0.05) is 0 Å². The molecule has 3 nitrogen and oxygen atoms in total. The standard InChI is InChI=1S/C14H22N2O/c1-10(2)16-6-5-13(15-16)9-14(17)8-11-3-4-12(14)7-11/h5-6,10-12,17H,3-4,7-9H2,1-2H3. The maximum Gasteiger partial charge on any atom is 0.0734 e. The summed E-state index contributed by atoms with van der Waals surface area (Å²) in [6.45, 7) is 4.26. The zero-order chi connectivity index (χ0) is 12.0. The number of rotatable bonds is 3. The van der Waals surface area contributed by atoms with Crippen LogP contribution in [0.2, 0.25) is 0 Å². The summed E-state index contributed by atoms with van der Waals surface area (Å²) < 4.78 is 1.98. The van der Waals surface area contributed by atoms with Crippen molar-refractivity contribution in [3.8, 4) is 0 Å². The van der Waals surface area contributed by atoms with E-state index in [9.17, 15) is 5.11 Å². The molecule has 1 aromatic rings. The average molecular weight is 234 g/mol. The van der Waals surface area contributed by atoms with E-state index in [0.29, 0.717) is 12.0 Å². The van der Waals surface area contributed by atoms with E-state index in [1.165, 1.54) is 19.3 Å². The van der Waals surface area contributed by atoms with Gasteiger partial charge in [-0.2, -0.15) is 5.10 Å². The van der Waals surface area contributed by atoms with Crippen molar-refractivity contribution < 1.29 is 5.11 Å². The van der Waals surface area contributed by atoms with Crippen molar-refractivity contribution in [3.05, 3.63) is 18.0 Å². The van der Waals surface area contributed by atoms with Crippen LogP contribution < -0.4 is 0 Å². The van der Waals surface area contributed by atoms with E-state index in [0.717, 1.165) is 24.5 Å². The van der Waals surface area contributed by atoms with Crippen molar-refractivity contribution in [2.75, 3.05) is 0 Å². The Labute approximate surface area is 103 Å². The van der Waals surface area contributed by atoms with Crippen LogP contribution in [0, 0.1) is 11.8 Å². The number of hydrogen-bond donors (Lipinski definition) is 1. The first-order chi connectivity index (χ1) is 8.07. The fourth-order valence-corrected chi connectivity index (χ4v) is 3.70. The normalized spacial score (nSPS) is 36.0. The molecule has 94 valence electrons. The quantitative estimate of drug-likeness (QED) is 0.873. The van der Waals surface area contributed by atoms with Gasteiger partial charge in [0, 0.05) is 18.7 Å². The first kappa shape index (κ1) is 11.3. The Morgan fingerprint density at radius 1 is 1.53 bits per heavy atom. The van der Waals surface area contributed by atoms with Gasteiger partial charge in [0.2, 0.25) is 0 Å². The smallest absolute Gasteiger partial charge is 0.0734 e. The molecule has 2 fully saturated rings. The van der Waals surface area contributed by atoms with Crippen LogP contribution >= 0.6 is 0 Å². The van der Waals surface area contributed by atoms with Crippen LogP contribution in [0.5, 0.6) is 0 Å². The van der Waals surface area contributed by atoms with Gasteiger partial charge in [0.1, 0.15) is 0 Å². The molecule has 1 aromatic heterocycles. The summed E-state index contributed by atoms with van der Waals surface area (Å²) in [5.74, 6) is 1.30. The Balaban J connectivity index is 1.74. The third-order valence-electron chi connectivity index (χ3n) is 4.62. The highest BCUT2D eigenvalue weighted by Gasteiger charge is 2.49. The molecule has 0 amide bonds. The van der Waals surface area contributed by atoms with E-state index in [1.807, 2.05) is 10.9 Å². The van der Waals surface area contributed by atoms with Crippen molar-refractivity contribution in [3.63, 3.8) is 0 Å². The van der Waals surface area contributed by atoms with E-state index < -0.39 is 5.60 Å². The van der Waals surface area contributed by atoms with Gasteiger partial charge in [-0.3, -0.25) is 4.68 Å². The van der Waals surface area contributed by atoms with Crippen LogP contribution in [0.3, 0.4) is 0 Å². The Bertz CT molecular complexity index is 412. The number of fused-ring (bicyclic) bond motifs is 2. The Hall–Kier alpha value is -0.830. The highest BCUT2D eigenvalue weighted by atomic mass is 16.3. The Morgan fingerprint density at radius 2 is 2.35 bits per heavy atom. The molecule has 1 N–H and O–H groups in total. The molecule has 0 spiro atoms. The lowest BCUT2D eigenvalue weighted by atomic mass is 9.81. The van der Waals surface area contributed by atoms with Crippen LogP contribution in [0.15, 0.2) is 12.3 Å². The monoisotopic (exact) mass is 234 g/mol. The summed E-state index contributed by atoms with van der Waals surface area (Å²) in [6, 6.07) is 2.46. The zero-order valence-electron chi connectivity index (χ0n) is 10.8. The molecular formula is C14H22N2O. The maximum absolute atomic E-state index is 10.7. The van der Waals surface area contributed by atoms with E-state index in [-0.39, 0.29) is 0 Å². The molecule has 1 heterocycles. The second kappa shape index (κ2) is 3.84. The molecule has 2 bridgehead atoms. The molecule has 3 atom stereocenters. The van der Waals surface area contributed by atoms with Crippen molar-refractivity contribution in [1.82, 2.24) is 9.78 Å². The van der Waals surface area contributed by atoms with Crippen molar-refractivity contribution >= 4 is 0 Å². The predicted octanol–water partition coefficient (Wildman–Crippen LogP) is 2.56. The lowest BCUT2D eigenvalue weighted by Crippen LogP contribution is -2.37. The number of hydrogen-bond acceptors (Lipinski definition) is 2. The molecule has 0 saturated heterocycles. The average Bonchev–Trinajstić information content (AvgIpc) is 2.91. The highest BCUT2D eigenvalue weighted by Crippen LogP contribution is 2.51. The topological polar surface area (TPSA) is 38.0 Å². The molecular weight excluding hydrogens is 212 g/mol. The van der Waals surface area contributed by atoms with Gasteiger partial charge in [0.05, 0.1) is 11.3 Å². The van der Waals surface area contributed by atoms with Gasteiger partial charge in [-0.25, -0.2) is 0 Å². The first-order valence-electron chi connectivity index (χ1n) is 6.83. The maximum atomic E-state index is 10.7. The first-order valence-corrected chi connectivity index (χ1v) is 6.83. The number of aliphatic hydroxyl groups is 1. The molecule has 2 saturated carbocycles. The summed E-state index contributed by atoms with van der Waals surface area (Å²) in [4.78, 5) is 0. The third-order valence-corrected chi connectivity index (χ3v) is 4.62. The molecule has 17 heavy (non-hydrogen) atoms. The number of nitrogens with zero attached hydrogens (tertiary/aromatic N) is 2. The largest absolute Gasteiger partial charge is 0.389 e. The molecule has 3 heteroatoms. The van der Waals surface area contributed by atoms with E-state index >= 15 is 0 Å². The zero-order valence-corrected chi connectivity index (χ0v) is 10.8. The van der Waals surface area contributed by atoms with Crippen LogP contribution in [-0.2, 0) is 6.42 Å². The van der Waals surface area contributed by atoms with E-state index in [1.54, 1.807) is 0 Å². The van der Waals surface area contributed by atoms with Crippen molar-refractivity contribution in [2.24, 2.45) is 11.8 Å². The van der Waals surface area contributed by atoms with Crippen molar-refractivity contribution in [2.45, 2.75) is 57.6 Å². The minimum Gasteiger partial charge on any atom is -0.389 e. The molecule has 2 aliphatic carbocycles. The summed E-state index contributed by atoms with van der Waals surface area (Å²) in [6.07, 6.45) is 7.54. The van der Waals surface area contributed by atoms with Gasteiger partial charge in [-0.05, 0) is 57.4 Å². The van der Waals surface area contributed by atoms with Gasteiger partial charge in [0.15, 0.2) is 0 Å². The van der Waals surface area contributed by atoms with Gasteiger partial charge in [-0.15, -0.1) is 0 Å². The summed E-state index contributed by atoms with van der Waals surface area (Å²) in [7, 11) is 0. The van der Waals surface area contributed by atoms with Crippen LogP contribution in [0.1, 0.15) is 51.3 Å². The Kier molecular flexibility index (Phi) is 2.54. The summed E-state index contributed by atoms with van der Waals surface area (Å²) >= 11 is 0. The van der Waals surface area contributed by atoms with Gasteiger partial charge >= 0.3 is 0 Å². The van der Waals surface area contributed by atoms with Crippen molar-refractivity contribution in [1.29, 1.82) is 0 Å². The van der Waals surface area contributed by atoms with Gasteiger partial charge < -0.3 is 5.11 Å². The van der Waals surface area contributed by atoms with Crippen LogP contribution in [0.4, 0.5) is 0 Å². The molecule has 0 aliphatic heterocycles. The molecule has 3 rings (SSSR count). The molecule has 2 aliphatic rings. The predicted molar refractivity (Wildman–Crippen MR) is 66.7 cm³/mol. The fraction of sp³-hybridized carbons (Fsp3) is 0.786. The van der Waals surface area contributed by atoms with E-state index in [2.05, 4.69) is 25.0 Å². The molecule has 0 aromatic carbocycles. The molecule has 0 radical (unpaired) electrons. The highest BCUT2D eigenvalue weighted by molar-refractivity contribution is 5.10. The fourth-order valence-electron chi connectivity index (χ4n) is 3.70. The SMILES string of the molecule is CC(C)n1ccc(CC2(O)CC3CCC2C3)n1. The van der Waals surface area contributed by atoms with Gasteiger partial charge in [0.25, 0.3) is 0 Å². The number of aromatic nitrogens is 2. The molecule has 3 unspecified atom stereocenters. The summed E-state index contributed by atoms with van der Waals surface area (Å²) in [5.41, 5.74) is 0.591. The van der Waals surface area contributed by atoms with Crippen LogP contribution in [0.25, 0.3) is 0 Å². The third kappa shape index (κ3) is 1.90. The second-order valence-electron chi connectivity index (χ2n) is 6.24. The Morgan fingerprint density at radius 3 is 2.88 bits per heavy atom.